The van der Waals surface area contributed by atoms with Crippen LogP contribution in [0.1, 0.15) is 32.4 Å². The third-order valence-electron chi connectivity index (χ3n) is 4.34. The Kier molecular flexibility index (Phi) is 4.76. The van der Waals surface area contributed by atoms with Crippen LogP contribution in [0.25, 0.3) is 0 Å². The summed E-state index contributed by atoms with van der Waals surface area (Å²) in [5.41, 5.74) is 0.609. The normalized spacial score (nSPS) is 19.6. The second-order valence-corrected chi connectivity index (χ2v) is 6.25. The standard InChI is InChI=1S/C16H25N3O/c1-16(2,13-7-6-9-17-11-13)15(20)19(3)12-14-8-4-5-10-18-14/h4-5,8,10,13,17H,6-7,9,11-12H2,1-3H3. The molecule has 4 nitrogen and oxygen atoms in total. The lowest BCUT2D eigenvalue weighted by molar-refractivity contribution is -0.143. The van der Waals surface area contributed by atoms with Crippen molar-refractivity contribution in [3.05, 3.63) is 30.1 Å². The summed E-state index contributed by atoms with van der Waals surface area (Å²) >= 11 is 0. The van der Waals surface area contributed by atoms with Gasteiger partial charge in [0.25, 0.3) is 0 Å². The van der Waals surface area contributed by atoms with E-state index in [0.717, 1.165) is 31.6 Å². The van der Waals surface area contributed by atoms with E-state index in [1.807, 2.05) is 25.2 Å². The molecule has 1 unspecified atom stereocenters. The van der Waals surface area contributed by atoms with Crippen molar-refractivity contribution in [2.75, 3.05) is 20.1 Å². The highest BCUT2D eigenvalue weighted by Crippen LogP contribution is 2.33. The summed E-state index contributed by atoms with van der Waals surface area (Å²) in [4.78, 5) is 18.8. The molecule has 0 aliphatic carbocycles. The number of pyridine rings is 1. The molecule has 110 valence electrons. The molecule has 1 amide bonds. The molecule has 20 heavy (non-hydrogen) atoms. The van der Waals surface area contributed by atoms with E-state index in [4.69, 9.17) is 0 Å². The predicted molar refractivity (Wildman–Crippen MR) is 80.1 cm³/mol. The molecule has 1 aliphatic heterocycles. The summed E-state index contributed by atoms with van der Waals surface area (Å²) in [6.45, 7) is 6.73. The van der Waals surface area contributed by atoms with E-state index in [-0.39, 0.29) is 11.3 Å². The highest BCUT2D eigenvalue weighted by atomic mass is 16.2. The fourth-order valence-electron chi connectivity index (χ4n) is 2.94. The fourth-order valence-corrected chi connectivity index (χ4v) is 2.94. The van der Waals surface area contributed by atoms with Gasteiger partial charge in [-0.25, -0.2) is 0 Å². The van der Waals surface area contributed by atoms with E-state index in [1.165, 1.54) is 0 Å². The molecule has 1 saturated heterocycles. The summed E-state index contributed by atoms with van der Waals surface area (Å²) in [5, 5.41) is 3.40. The highest BCUT2D eigenvalue weighted by Gasteiger charge is 2.38. The summed E-state index contributed by atoms with van der Waals surface area (Å²) in [7, 11) is 1.87. The lowest BCUT2D eigenvalue weighted by Crippen LogP contribution is -2.47. The molecule has 0 saturated carbocycles. The zero-order valence-electron chi connectivity index (χ0n) is 12.7. The van der Waals surface area contributed by atoms with Crippen molar-refractivity contribution >= 4 is 5.91 Å². The number of nitrogens with zero attached hydrogens (tertiary/aromatic N) is 2. The van der Waals surface area contributed by atoms with Gasteiger partial charge in [-0.2, -0.15) is 0 Å². The molecule has 2 heterocycles. The summed E-state index contributed by atoms with van der Waals surface area (Å²) < 4.78 is 0. The van der Waals surface area contributed by atoms with Crippen LogP contribution >= 0.6 is 0 Å². The van der Waals surface area contributed by atoms with Gasteiger partial charge in [0, 0.05) is 18.7 Å². The van der Waals surface area contributed by atoms with Crippen molar-refractivity contribution in [1.29, 1.82) is 0 Å². The summed E-state index contributed by atoms with van der Waals surface area (Å²) in [5.74, 6) is 0.617. The van der Waals surface area contributed by atoms with Gasteiger partial charge in [-0.3, -0.25) is 9.78 Å². The second-order valence-electron chi connectivity index (χ2n) is 6.25. The number of carbonyl (C=O) groups excluding carboxylic acids is 1. The zero-order chi connectivity index (χ0) is 14.6. The zero-order valence-corrected chi connectivity index (χ0v) is 12.7. The Morgan fingerprint density at radius 2 is 2.30 bits per heavy atom. The molecule has 1 atom stereocenters. The van der Waals surface area contributed by atoms with Gasteiger partial charge < -0.3 is 10.2 Å². The van der Waals surface area contributed by atoms with Gasteiger partial charge in [-0.15, -0.1) is 0 Å². The van der Waals surface area contributed by atoms with Crippen LogP contribution in [0.2, 0.25) is 0 Å². The Hall–Kier alpha value is -1.42. The van der Waals surface area contributed by atoms with Crippen LogP contribution in [0.5, 0.6) is 0 Å². The Balaban J connectivity index is 2.01. The van der Waals surface area contributed by atoms with E-state index in [1.54, 1.807) is 11.1 Å². The Morgan fingerprint density at radius 1 is 1.50 bits per heavy atom. The Labute approximate surface area is 121 Å². The van der Waals surface area contributed by atoms with Gasteiger partial charge in [0.2, 0.25) is 5.91 Å². The Morgan fingerprint density at radius 3 is 2.90 bits per heavy atom. The maximum absolute atomic E-state index is 12.7. The molecule has 2 rings (SSSR count). The quantitative estimate of drug-likeness (QED) is 0.915. The SMILES string of the molecule is CN(Cc1ccccn1)C(=O)C(C)(C)C1CCCNC1. The van der Waals surface area contributed by atoms with Gasteiger partial charge in [0.1, 0.15) is 0 Å². The third kappa shape index (κ3) is 3.37. The van der Waals surface area contributed by atoms with Gasteiger partial charge in [0.15, 0.2) is 0 Å². The molecule has 1 aromatic heterocycles. The largest absolute Gasteiger partial charge is 0.339 e. The van der Waals surface area contributed by atoms with Crippen LogP contribution in [0.3, 0.4) is 0 Å². The van der Waals surface area contributed by atoms with E-state index in [2.05, 4.69) is 24.1 Å². The Bertz CT molecular complexity index is 438. The van der Waals surface area contributed by atoms with Gasteiger partial charge in [-0.05, 0) is 44.0 Å². The van der Waals surface area contributed by atoms with E-state index < -0.39 is 0 Å². The van der Waals surface area contributed by atoms with Crippen LogP contribution < -0.4 is 5.32 Å². The fraction of sp³-hybridized carbons (Fsp3) is 0.625. The van der Waals surface area contributed by atoms with Crippen molar-refractivity contribution in [3.8, 4) is 0 Å². The number of amides is 1. The molecule has 1 aromatic rings. The number of hydrogen-bond acceptors (Lipinski definition) is 3. The molecule has 4 heteroatoms. The molecule has 1 N–H and O–H groups in total. The third-order valence-corrected chi connectivity index (χ3v) is 4.34. The lowest BCUT2D eigenvalue weighted by Gasteiger charge is -2.38. The van der Waals surface area contributed by atoms with Crippen molar-refractivity contribution in [2.45, 2.75) is 33.2 Å². The average Bonchev–Trinajstić information content (AvgIpc) is 2.48. The smallest absolute Gasteiger partial charge is 0.228 e. The first-order valence-corrected chi connectivity index (χ1v) is 7.38. The minimum atomic E-state index is -0.322. The number of nitrogens with one attached hydrogen (secondary N) is 1. The molecule has 1 aliphatic rings. The molecule has 0 aromatic carbocycles. The van der Waals surface area contributed by atoms with Gasteiger partial charge in [0.05, 0.1) is 12.2 Å². The van der Waals surface area contributed by atoms with Crippen molar-refractivity contribution in [1.82, 2.24) is 15.2 Å². The first-order valence-electron chi connectivity index (χ1n) is 7.38. The predicted octanol–water partition coefficient (Wildman–Crippen LogP) is 2.07. The van der Waals surface area contributed by atoms with Crippen LogP contribution in [-0.2, 0) is 11.3 Å². The first kappa shape index (κ1) is 15.0. The molecule has 0 spiro atoms. The minimum absolute atomic E-state index is 0.205. The number of piperidine rings is 1. The molecule has 0 bridgehead atoms. The summed E-state index contributed by atoms with van der Waals surface area (Å²) in [6, 6.07) is 5.80. The van der Waals surface area contributed by atoms with Crippen molar-refractivity contribution in [2.24, 2.45) is 11.3 Å². The molecular weight excluding hydrogens is 250 g/mol. The van der Waals surface area contributed by atoms with Crippen LogP contribution in [0.4, 0.5) is 0 Å². The van der Waals surface area contributed by atoms with E-state index >= 15 is 0 Å². The van der Waals surface area contributed by atoms with Crippen molar-refractivity contribution in [3.63, 3.8) is 0 Å². The van der Waals surface area contributed by atoms with Crippen molar-refractivity contribution < 1.29 is 4.79 Å². The van der Waals surface area contributed by atoms with Gasteiger partial charge in [-0.1, -0.05) is 19.9 Å². The van der Waals surface area contributed by atoms with E-state index in [9.17, 15) is 4.79 Å². The van der Waals surface area contributed by atoms with Crippen LogP contribution in [0.15, 0.2) is 24.4 Å². The average molecular weight is 275 g/mol. The second kappa shape index (κ2) is 6.35. The topological polar surface area (TPSA) is 45.2 Å². The minimum Gasteiger partial charge on any atom is -0.339 e. The molecule has 0 radical (unpaired) electrons. The monoisotopic (exact) mass is 275 g/mol. The van der Waals surface area contributed by atoms with E-state index in [0.29, 0.717) is 12.5 Å². The first-order chi connectivity index (χ1) is 9.51. The number of rotatable bonds is 4. The maximum Gasteiger partial charge on any atom is 0.228 e. The van der Waals surface area contributed by atoms with Crippen LogP contribution in [-0.4, -0.2) is 35.9 Å². The molecule has 1 fully saturated rings. The summed E-state index contributed by atoms with van der Waals surface area (Å²) in [6.07, 6.45) is 4.05. The van der Waals surface area contributed by atoms with Gasteiger partial charge >= 0.3 is 0 Å². The number of carbonyl (C=O) groups is 1. The number of hydrogen-bond donors (Lipinski definition) is 1. The number of aromatic nitrogens is 1. The maximum atomic E-state index is 12.7. The highest BCUT2D eigenvalue weighted by molar-refractivity contribution is 5.82. The van der Waals surface area contributed by atoms with Crippen LogP contribution in [0, 0.1) is 11.3 Å². The lowest BCUT2D eigenvalue weighted by atomic mass is 9.74. The molecular formula is C16H25N3O.